The lowest BCUT2D eigenvalue weighted by molar-refractivity contribution is -0.129. The number of sulfonamides is 1. The first-order valence-corrected chi connectivity index (χ1v) is 20.1. The van der Waals surface area contributed by atoms with Gasteiger partial charge in [0.2, 0.25) is 0 Å². The Labute approximate surface area is 306 Å². The van der Waals surface area contributed by atoms with E-state index in [2.05, 4.69) is 21.8 Å². The van der Waals surface area contributed by atoms with Crippen molar-refractivity contribution in [3.05, 3.63) is 64.7 Å². The molecule has 2 aliphatic carbocycles. The summed E-state index contributed by atoms with van der Waals surface area (Å²) in [4.78, 5) is 33.1. The van der Waals surface area contributed by atoms with E-state index in [-0.39, 0.29) is 28.2 Å². The molecule has 7 rings (SSSR count). The quantitative estimate of drug-likeness (QED) is 0.418. The van der Waals surface area contributed by atoms with Gasteiger partial charge in [0.1, 0.15) is 11.9 Å². The molecular weight excluding hydrogens is 692 g/mol. The number of hydrogen-bond donors (Lipinski definition) is 1. The lowest BCUT2D eigenvalue weighted by Crippen LogP contribution is -2.56. The number of carbonyl (C=O) groups is 2. The van der Waals surface area contributed by atoms with Crippen LogP contribution in [0.15, 0.2) is 53.4 Å². The number of ether oxygens (including phenoxy) is 3. The fourth-order valence-electron chi connectivity index (χ4n) is 8.53. The largest absolute Gasteiger partial charge is 0.490 e. The number of hydrogen-bond acceptors (Lipinski definition) is 9. The first-order valence-electron chi connectivity index (χ1n) is 18.2. The Hall–Kier alpha value is -3.32. The van der Waals surface area contributed by atoms with Gasteiger partial charge in [-0.3, -0.25) is 9.69 Å². The average Bonchev–Trinajstić information content (AvgIpc) is 3.24. The van der Waals surface area contributed by atoms with Crippen LogP contribution >= 0.6 is 11.6 Å². The van der Waals surface area contributed by atoms with Crippen LogP contribution in [0, 0.1) is 11.8 Å². The van der Waals surface area contributed by atoms with Gasteiger partial charge in [-0.25, -0.2) is 17.9 Å². The molecule has 2 amide bonds. The molecule has 2 aromatic carbocycles. The zero-order chi connectivity index (χ0) is 36.0. The number of carbonyl (C=O) groups excluding carboxylic acids is 2. The van der Waals surface area contributed by atoms with E-state index in [4.69, 9.17) is 25.8 Å². The third-order valence-corrected chi connectivity index (χ3v) is 13.3. The van der Waals surface area contributed by atoms with E-state index >= 15 is 0 Å². The molecule has 276 valence electrons. The molecule has 0 unspecified atom stereocenters. The maximum Gasteiger partial charge on any atom is 0.410 e. The second-order valence-electron chi connectivity index (χ2n) is 15.1. The number of amides is 2. The van der Waals surface area contributed by atoms with Gasteiger partial charge in [-0.15, -0.1) is 0 Å². The summed E-state index contributed by atoms with van der Waals surface area (Å²) in [6.07, 6.45) is 7.76. The van der Waals surface area contributed by atoms with E-state index in [1.54, 1.807) is 30.9 Å². The summed E-state index contributed by atoms with van der Waals surface area (Å²) < 4.78 is 48.5. The molecule has 1 N–H and O–H groups in total. The normalized spacial score (nSPS) is 29.1. The molecule has 4 atom stereocenters. The summed E-state index contributed by atoms with van der Waals surface area (Å²) in [6, 6.07) is 11.0. The molecule has 1 saturated heterocycles. The Balaban J connectivity index is 1.29. The van der Waals surface area contributed by atoms with Crippen LogP contribution in [-0.2, 0) is 36.1 Å². The molecule has 0 radical (unpaired) electrons. The number of nitrogens with one attached hydrogen (secondary N) is 1. The van der Waals surface area contributed by atoms with E-state index in [1.807, 2.05) is 30.0 Å². The summed E-state index contributed by atoms with van der Waals surface area (Å²) in [5.41, 5.74) is 1.60. The molecule has 2 aromatic rings. The van der Waals surface area contributed by atoms with Crippen molar-refractivity contribution >= 4 is 39.3 Å². The molecule has 2 fully saturated rings. The van der Waals surface area contributed by atoms with Gasteiger partial charge in [0, 0.05) is 49.1 Å². The van der Waals surface area contributed by atoms with Crippen LogP contribution in [0.3, 0.4) is 0 Å². The third-order valence-electron chi connectivity index (χ3n) is 11.8. The third kappa shape index (κ3) is 7.09. The molecular formula is C38H49ClN4O7S. The fraction of sp³-hybridized carbons (Fsp3) is 0.579. The molecule has 0 aromatic heterocycles. The second kappa shape index (κ2) is 14.2. The van der Waals surface area contributed by atoms with Crippen molar-refractivity contribution in [2.45, 2.75) is 74.8 Å². The SMILES string of the molecule is CCN1CC=C[C@H](OC(=O)N2CCOCC2)[C@@H]2CC[C@H]2CN2C[C@@]3(CCCc4cc(Cl)ccc43)COc3ccc(cc32)S(=O)(=O)NC(=O)C1(C)C. The monoisotopic (exact) mass is 740 g/mol. The predicted molar refractivity (Wildman–Crippen MR) is 195 cm³/mol. The number of halogens is 1. The summed E-state index contributed by atoms with van der Waals surface area (Å²) in [5.74, 6) is 0.194. The first-order chi connectivity index (χ1) is 24.4. The Bertz CT molecular complexity index is 1800. The average molecular weight is 741 g/mol. The summed E-state index contributed by atoms with van der Waals surface area (Å²) in [5, 5.41) is 0.707. The number of likely N-dealkylation sites (N-methyl/N-ethyl adjacent to an activating group) is 1. The maximum absolute atomic E-state index is 13.9. The standard InChI is InChI=1S/C38H49ClN4O7S/c1-4-43-16-6-8-33(50-36(45)41-17-19-48-20-18-41)30-12-9-27(30)23-42-24-38(15-5-7-26-21-28(39)10-13-31(26)38)25-49-34-14-11-29(22-32(34)42)51(46,47)40-35(44)37(43,2)3/h6,8,10-11,13-14,21-22,27,30,33H,4-5,7,9,12,15-20,23-25H2,1-3H3,(H,40,44)/t27-,30+,33-,38-/m0/s1. The molecule has 3 aliphatic heterocycles. The zero-order valence-corrected chi connectivity index (χ0v) is 31.3. The first kappa shape index (κ1) is 36.1. The van der Waals surface area contributed by atoms with Gasteiger partial charge in [-0.1, -0.05) is 30.7 Å². The van der Waals surface area contributed by atoms with Gasteiger partial charge in [0.25, 0.3) is 15.9 Å². The lowest BCUT2D eigenvalue weighted by Gasteiger charge is -2.46. The highest BCUT2D eigenvalue weighted by Gasteiger charge is 2.46. The zero-order valence-electron chi connectivity index (χ0n) is 29.7. The van der Waals surface area contributed by atoms with Crippen molar-refractivity contribution in [2.24, 2.45) is 11.8 Å². The lowest BCUT2D eigenvalue weighted by atomic mass is 9.68. The van der Waals surface area contributed by atoms with E-state index in [0.717, 1.165) is 32.1 Å². The van der Waals surface area contributed by atoms with Crippen molar-refractivity contribution in [2.75, 3.05) is 64.0 Å². The highest BCUT2D eigenvalue weighted by Crippen LogP contribution is 2.47. The minimum Gasteiger partial charge on any atom is -0.490 e. The van der Waals surface area contributed by atoms with Crippen molar-refractivity contribution in [3.8, 4) is 5.75 Å². The number of fused-ring (bicyclic) bond motifs is 4. The van der Waals surface area contributed by atoms with Crippen LogP contribution in [0.1, 0.15) is 57.6 Å². The summed E-state index contributed by atoms with van der Waals surface area (Å²) in [7, 11) is -4.22. The highest BCUT2D eigenvalue weighted by atomic mass is 35.5. The van der Waals surface area contributed by atoms with Gasteiger partial charge >= 0.3 is 6.09 Å². The number of anilines is 1. The minimum atomic E-state index is -4.22. The van der Waals surface area contributed by atoms with Gasteiger partial charge in [-0.05, 0) is 106 Å². The fourth-order valence-corrected chi connectivity index (χ4v) is 9.85. The minimum absolute atomic E-state index is 0.00305. The summed E-state index contributed by atoms with van der Waals surface area (Å²) in [6.45, 7) is 9.84. The maximum atomic E-state index is 13.9. The predicted octanol–water partition coefficient (Wildman–Crippen LogP) is 5.15. The van der Waals surface area contributed by atoms with Gasteiger partial charge in [0.05, 0.1) is 35.9 Å². The molecule has 51 heavy (non-hydrogen) atoms. The smallest absolute Gasteiger partial charge is 0.410 e. The molecule has 2 bridgehead atoms. The van der Waals surface area contributed by atoms with E-state index < -0.39 is 27.6 Å². The van der Waals surface area contributed by atoms with E-state index in [1.165, 1.54) is 17.2 Å². The van der Waals surface area contributed by atoms with Crippen LogP contribution in [0.25, 0.3) is 0 Å². The molecule has 5 aliphatic rings. The van der Waals surface area contributed by atoms with Gasteiger partial charge < -0.3 is 24.0 Å². The Morgan fingerprint density at radius 3 is 2.67 bits per heavy atom. The second-order valence-corrected chi connectivity index (χ2v) is 17.3. The number of nitrogens with zero attached hydrogens (tertiary/aromatic N) is 3. The molecule has 11 nitrogen and oxygen atoms in total. The Morgan fingerprint density at radius 2 is 1.92 bits per heavy atom. The molecule has 1 saturated carbocycles. The highest BCUT2D eigenvalue weighted by molar-refractivity contribution is 7.90. The topological polar surface area (TPSA) is 118 Å². The molecule has 1 spiro atoms. The number of benzene rings is 2. The number of morpholine rings is 1. The van der Waals surface area contributed by atoms with E-state index in [0.29, 0.717) is 75.5 Å². The van der Waals surface area contributed by atoms with Crippen molar-refractivity contribution in [1.82, 2.24) is 14.5 Å². The summed E-state index contributed by atoms with van der Waals surface area (Å²) >= 11 is 6.45. The van der Waals surface area contributed by atoms with Crippen molar-refractivity contribution in [3.63, 3.8) is 0 Å². The van der Waals surface area contributed by atoms with Crippen LogP contribution in [-0.4, -0.2) is 101 Å². The van der Waals surface area contributed by atoms with Crippen LogP contribution in [0.2, 0.25) is 5.02 Å². The van der Waals surface area contributed by atoms with Crippen molar-refractivity contribution in [1.29, 1.82) is 0 Å². The Kier molecular flexibility index (Phi) is 10.1. The van der Waals surface area contributed by atoms with Crippen molar-refractivity contribution < 1.29 is 32.2 Å². The Morgan fingerprint density at radius 1 is 1.12 bits per heavy atom. The van der Waals surface area contributed by atoms with Gasteiger partial charge in [0.15, 0.2) is 0 Å². The van der Waals surface area contributed by atoms with Crippen LogP contribution < -0.4 is 14.4 Å². The number of rotatable bonds is 2. The van der Waals surface area contributed by atoms with Crippen LogP contribution in [0.5, 0.6) is 5.75 Å². The van der Waals surface area contributed by atoms with Crippen LogP contribution in [0.4, 0.5) is 10.5 Å². The van der Waals surface area contributed by atoms with E-state index in [9.17, 15) is 18.0 Å². The number of aryl methyl sites for hydroxylation is 1. The van der Waals surface area contributed by atoms with Gasteiger partial charge in [-0.2, -0.15) is 0 Å². The molecule has 13 heteroatoms. The molecule has 3 heterocycles.